The second kappa shape index (κ2) is 10.6. The minimum absolute atomic E-state index is 0.0862. The molecule has 5 atom stereocenters. The van der Waals surface area contributed by atoms with Gasteiger partial charge in [-0.2, -0.15) is 0 Å². The Morgan fingerprint density at radius 3 is 2.54 bits per heavy atom. The lowest BCUT2D eigenvalue weighted by Crippen LogP contribution is -2.61. The van der Waals surface area contributed by atoms with Crippen LogP contribution in [0.25, 0.3) is 0 Å². The molecule has 190 valence electrons. The average molecular weight is 518 g/mol. The van der Waals surface area contributed by atoms with Crippen molar-refractivity contribution in [2.75, 3.05) is 11.9 Å². The summed E-state index contributed by atoms with van der Waals surface area (Å²) in [5, 5.41) is 9.20. The first-order valence-electron chi connectivity index (χ1n) is 13.0. The van der Waals surface area contributed by atoms with Crippen LogP contribution in [-0.2, 0) is 14.3 Å². The van der Waals surface area contributed by atoms with Crippen molar-refractivity contribution in [3.8, 4) is 0 Å². The number of nitrogens with one attached hydrogen (secondary N) is 3. The predicted octanol–water partition coefficient (Wildman–Crippen LogP) is 5.12. The van der Waals surface area contributed by atoms with Crippen LogP contribution in [0.5, 0.6) is 0 Å². The van der Waals surface area contributed by atoms with E-state index < -0.39 is 22.3 Å². The molecule has 1 aromatic rings. The number of carbonyl (C=O) groups excluding carboxylic acids is 3. The largest absolute Gasteiger partial charge is 0.450 e. The number of benzene rings is 1. The number of fused-ring (bicyclic) bond motifs is 2. The predicted molar refractivity (Wildman–Crippen MR) is 139 cm³/mol. The molecular formula is C26H35N3O4S2. The van der Waals surface area contributed by atoms with Crippen molar-refractivity contribution in [2.45, 2.75) is 85.1 Å². The smallest absolute Gasteiger partial charge is 0.413 e. The van der Waals surface area contributed by atoms with E-state index in [1.165, 1.54) is 18.2 Å². The number of thioether (sulfide) groups is 2. The second-order valence-corrected chi connectivity index (χ2v) is 12.7. The maximum absolute atomic E-state index is 13.8. The maximum Gasteiger partial charge on any atom is 0.413 e. The number of imide groups is 1. The molecule has 5 rings (SSSR count). The minimum atomic E-state index is -0.717. The molecule has 3 amide bonds. The number of amides is 3. The van der Waals surface area contributed by atoms with E-state index in [1.54, 1.807) is 6.92 Å². The van der Waals surface area contributed by atoms with Gasteiger partial charge in [0.25, 0.3) is 5.91 Å². The van der Waals surface area contributed by atoms with Crippen molar-refractivity contribution >= 4 is 47.1 Å². The Labute approximate surface area is 215 Å². The maximum atomic E-state index is 13.8. The number of para-hydroxylation sites is 1. The molecule has 0 aromatic heterocycles. The van der Waals surface area contributed by atoms with Crippen LogP contribution in [0.2, 0.25) is 0 Å². The standard InChI is InChI=1S/C26H35N3O4S2/c1-2-33-25(32)28-22(30)21-17-12-6-8-14-19(17)35-26(21,16-10-4-3-5-11-16)29-23(31)24-27-18-13-7-9-15-20(18)34-24/h7,9,13,15-17,19,21,24,27H,2-6,8,10-12,14H2,1H3,(H,29,31)(H,28,30,32). The third kappa shape index (κ3) is 4.90. The summed E-state index contributed by atoms with van der Waals surface area (Å²) in [5.41, 5.74) is 0.966. The number of ether oxygens (including phenoxy) is 1. The van der Waals surface area contributed by atoms with Gasteiger partial charge in [0.05, 0.1) is 12.5 Å². The van der Waals surface area contributed by atoms with Crippen molar-refractivity contribution in [1.29, 1.82) is 0 Å². The normalized spacial score (nSPS) is 32.1. The molecule has 2 saturated carbocycles. The fourth-order valence-corrected chi connectivity index (χ4v) is 9.77. The Bertz CT molecular complexity index is 945. The van der Waals surface area contributed by atoms with Crippen LogP contribution in [-0.4, -0.2) is 40.0 Å². The van der Waals surface area contributed by atoms with E-state index in [2.05, 4.69) is 16.0 Å². The molecule has 0 bridgehead atoms. The molecule has 1 saturated heterocycles. The lowest BCUT2D eigenvalue weighted by Gasteiger charge is -2.44. The lowest BCUT2D eigenvalue weighted by molar-refractivity contribution is -0.130. The summed E-state index contributed by atoms with van der Waals surface area (Å²) in [6.45, 7) is 1.93. The molecule has 3 fully saturated rings. The van der Waals surface area contributed by atoms with Gasteiger partial charge in [-0.15, -0.1) is 11.8 Å². The summed E-state index contributed by atoms with van der Waals surface area (Å²) in [4.78, 5) is 40.1. The van der Waals surface area contributed by atoms with Gasteiger partial charge in [0.2, 0.25) is 5.91 Å². The van der Waals surface area contributed by atoms with E-state index in [4.69, 9.17) is 4.74 Å². The highest BCUT2D eigenvalue weighted by Gasteiger charge is 2.61. The van der Waals surface area contributed by atoms with Gasteiger partial charge in [0.15, 0.2) is 5.37 Å². The molecule has 4 aliphatic rings. The number of hydrogen-bond acceptors (Lipinski definition) is 7. The molecule has 0 radical (unpaired) electrons. The number of alkyl carbamates (subject to hydrolysis) is 1. The van der Waals surface area contributed by atoms with Crippen LogP contribution < -0.4 is 16.0 Å². The summed E-state index contributed by atoms with van der Waals surface area (Å²) in [7, 11) is 0. The van der Waals surface area contributed by atoms with E-state index in [0.717, 1.165) is 61.9 Å². The van der Waals surface area contributed by atoms with E-state index >= 15 is 0 Å². The van der Waals surface area contributed by atoms with E-state index in [-0.39, 0.29) is 30.3 Å². The van der Waals surface area contributed by atoms with Crippen molar-refractivity contribution in [2.24, 2.45) is 17.8 Å². The Hall–Kier alpha value is -1.87. The van der Waals surface area contributed by atoms with Gasteiger partial charge < -0.3 is 15.4 Å². The first kappa shape index (κ1) is 24.8. The number of anilines is 1. The molecule has 5 unspecified atom stereocenters. The van der Waals surface area contributed by atoms with Crippen LogP contribution in [0.1, 0.15) is 64.7 Å². The molecule has 2 heterocycles. The molecule has 0 spiro atoms. The van der Waals surface area contributed by atoms with Crippen LogP contribution in [0, 0.1) is 17.8 Å². The zero-order valence-corrected chi connectivity index (χ0v) is 21.8. The van der Waals surface area contributed by atoms with Crippen LogP contribution >= 0.6 is 23.5 Å². The third-order valence-corrected chi connectivity index (χ3v) is 11.1. The van der Waals surface area contributed by atoms with Gasteiger partial charge in [-0.05, 0) is 56.6 Å². The summed E-state index contributed by atoms with van der Waals surface area (Å²) < 4.78 is 5.04. The molecule has 35 heavy (non-hydrogen) atoms. The Morgan fingerprint density at radius 1 is 1.03 bits per heavy atom. The van der Waals surface area contributed by atoms with Gasteiger partial charge in [-0.3, -0.25) is 14.9 Å². The van der Waals surface area contributed by atoms with E-state index in [0.29, 0.717) is 5.25 Å². The summed E-state index contributed by atoms with van der Waals surface area (Å²) in [5.74, 6) is -0.499. The highest BCUT2D eigenvalue weighted by molar-refractivity contribution is 8.02. The third-order valence-electron chi connectivity index (χ3n) is 7.96. The van der Waals surface area contributed by atoms with Gasteiger partial charge in [0, 0.05) is 15.8 Å². The zero-order valence-electron chi connectivity index (χ0n) is 20.2. The van der Waals surface area contributed by atoms with Gasteiger partial charge in [0.1, 0.15) is 4.87 Å². The first-order valence-corrected chi connectivity index (χ1v) is 14.8. The van der Waals surface area contributed by atoms with Gasteiger partial charge in [-0.25, -0.2) is 4.79 Å². The number of rotatable bonds is 5. The molecule has 3 N–H and O–H groups in total. The van der Waals surface area contributed by atoms with Crippen molar-refractivity contribution < 1.29 is 19.1 Å². The SMILES string of the molecule is CCOC(=O)NC(=O)C1C2CCCCC2SC1(NC(=O)C1Nc2ccccc2S1)C1CCCCC1. The summed E-state index contributed by atoms with van der Waals surface area (Å²) >= 11 is 3.33. The van der Waals surface area contributed by atoms with Crippen molar-refractivity contribution in [1.82, 2.24) is 10.6 Å². The monoisotopic (exact) mass is 517 g/mol. The quantitative estimate of drug-likeness (QED) is 0.499. The minimum Gasteiger partial charge on any atom is -0.450 e. The van der Waals surface area contributed by atoms with Crippen molar-refractivity contribution in [3.05, 3.63) is 24.3 Å². The highest BCUT2D eigenvalue weighted by atomic mass is 32.2. The van der Waals surface area contributed by atoms with Crippen molar-refractivity contribution in [3.63, 3.8) is 0 Å². The van der Waals surface area contributed by atoms with Crippen LogP contribution in [0.4, 0.5) is 10.5 Å². The average Bonchev–Trinajstić information content (AvgIpc) is 3.44. The molecule has 2 aliphatic carbocycles. The topological polar surface area (TPSA) is 96.5 Å². The highest BCUT2D eigenvalue weighted by Crippen LogP contribution is 2.60. The summed E-state index contributed by atoms with van der Waals surface area (Å²) in [6.07, 6.45) is 8.89. The lowest BCUT2D eigenvalue weighted by atomic mass is 9.70. The van der Waals surface area contributed by atoms with Crippen LogP contribution in [0.15, 0.2) is 29.2 Å². The van der Waals surface area contributed by atoms with Gasteiger partial charge in [-0.1, -0.05) is 56.0 Å². The number of carbonyl (C=O) groups is 3. The zero-order chi connectivity index (χ0) is 24.4. The Kier molecular flexibility index (Phi) is 7.53. The van der Waals surface area contributed by atoms with E-state index in [9.17, 15) is 14.4 Å². The molecule has 1 aromatic carbocycles. The molecule has 7 nitrogen and oxygen atoms in total. The first-order chi connectivity index (χ1) is 17.0. The van der Waals surface area contributed by atoms with Crippen LogP contribution in [0.3, 0.4) is 0 Å². The molecule has 9 heteroatoms. The Balaban J connectivity index is 1.46. The number of hydrogen-bond donors (Lipinski definition) is 3. The van der Waals surface area contributed by atoms with E-state index in [1.807, 2.05) is 36.0 Å². The summed E-state index contributed by atoms with van der Waals surface area (Å²) in [6, 6.07) is 7.95. The fourth-order valence-electron chi connectivity index (χ4n) is 6.48. The second-order valence-electron chi connectivity index (χ2n) is 10.0. The molecule has 2 aliphatic heterocycles. The fraction of sp³-hybridized carbons (Fsp3) is 0.654. The molecular weight excluding hydrogens is 482 g/mol. The van der Waals surface area contributed by atoms with Gasteiger partial charge >= 0.3 is 6.09 Å². The Morgan fingerprint density at radius 2 is 1.77 bits per heavy atom.